The Morgan fingerprint density at radius 1 is 1.47 bits per heavy atom. The molecule has 0 amide bonds. The molecule has 0 bridgehead atoms. The van der Waals surface area contributed by atoms with Crippen LogP contribution in [0.3, 0.4) is 0 Å². The van der Waals surface area contributed by atoms with Gasteiger partial charge < -0.3 is 10.5 Å². The van der Waals surface area contributed by atoms with E-state index in [0.717, 1.165) is 12.1 Å². The molecule has 1 fully saturated rings. The minimum atomic E-state index is 0. The van der Waals surface area contributed by atoms with Crippen molar-refractivity contribution in [3.05, 3.63) is 47.9 Å². The summed E-state index contributed by atoms with van der Waals surface area (Å²) in [6, 6.07) is 0. The predicted octanol–water partition coefficient (Wildman–Crippen LogP) is 3.15. The van der Waals surface area contributed by atoms with Crippen LogP contribution in [0.4, 0.5) is 0 Å². The Bertz CT molecular complexity index is 323. The van der Waals surface area contributed by atoms with Crippen molar-refractivity contribution < 1.29 is 4.74 Å². The lowest BCUT2D eigenvalue weighted by Gasteiger charge is -1.96. The van der Waals surface area contributed by atoms with E-state index in [2.05, 4.69) is 20.1 Å². The van der Waals surface area contributed by atoms with Crippen LogP contribution >= 0.6 is 0 Å². The minimum absolute atomic E-state index is 0. The van der Waals surface area contributed by atoms with Crippen molar-refractivity contribution in [2.45, 2.75) is 20.8 Å². The van der Waals surface area contributed by atoms with Gasteiger partial charge in [-0.1, -0.05) is 37.8 Å². The van der Waals surface area contributed by atoms with Crippen LogP contribution in [-0.4, -0.2) is 7.11 Å². The van der Waals surface area contributed by atoms with E-state index in [1.807, 2.05) is 12.2 Å². The van der Waals surface area contributed by atoms with Crippen molar-refractivity contribution >= 4 is 0 Å². The van der Waals surface area contributed by atoms with E-state index in [1.165, 1.54) is 11.1 Å². The third-order valence-electron chi connectivity index (χ3n) is 2.42. The van der Waals surface area contributed by atoms with E-state index in [-0.39, 0.29) is 7.43 Å². The van der Waals surface area contributed by atoms with E-state index < -0.39 is 0 Å². The van der Waals surface area contributed by atoms with Gasteiger partial charge >= 0.3 is 0 Å². The Kier molecular flexibility index (Phi) is 4.92. The third-order valence-corrected chi connectivity index (χ3v) is 2.42. The zero-order chi connectivity index (χ0) is 10.7. The molecule has 1 aliphatic carbocycles. The first kappa shape index (κ1) is 13.6. The summed E-state index contributed by atoms with van der Waals surface area (Å²) in [5.41, 5.74) is 8.98. The summed E-state index contributed by atoms with van der Waals surface area (Å²) in [6.07, 6.45) is 4.91. The van der Waals surface area contributed by atoms with E-state index in [4.69, 9.17) is 10.5 Å². The van der Waals surface area contributed by atoms with Crippen LogP contribution < -0.4 is 5.73 Å². The molecule has 2 heteroatoms. The molecule has 0 radical (unpaired) electrons. The van der Waals surface area contributed by atoms with Crippen LogP contribution in [0.15, 0.2) is 47.9 Å². The fourth-order valence-corrected chi connectivity index (χ4v) is 1.34. The fourth-order valence-electron chi connectivity index (χ4n) is 1.34. The molecule has 0 saturated heterocycles. The van der Waals surface area contributed by atoms with Crippen LogP contribution in [0.5, 0.6) is 0 Å². The van der Waals surface area contributed by atoms with Gasteiger partial charge in [-0.05, 0) is 19.4 Å². The second kappa shape index (κ2) is 5.44. The third kappa shape index (κ3) is 3.66. The van der Waals surface area contributed by atoms with Gasteiger partial charge in [-0.25, -0.2) is 0 Å². The molecule has 2 N–H and O–H groups in total. The maximum absolute atomic E-state index is 5.61. The van der Waals surface area contributed by atoms with Gasteiger partial charge in [-0.15, -0.1) is 0 Å². The van der Waals surface area contributed by atoms with E-state index in [9.17, 15) is 0 Å². The zero-order valence-corrected chi connectivity index (χ0v) is 8.84. The Morgan fingerprint density at radius 3 is 2.47 bits per heavy atom. The standard InChI is InChI=1S/C12H17NO.CH4/c1-8(5-6-9(2)14-4)11-7-12(11)10(3)13;/h5-6,12H,2-3,7,13H2,1,4H3;1H4/b6-5-,11-8+;. The molecule has 1 saturated carbocycles. The average molecular weight is 207 g/mol. The van der Waals surface area contributed by atoms with Crippen molar-refractivity contribution in [1.29, 1.82) is 0 Å². The molecule has 0 aliphatic heterocycles. The van der Waals surface area contributed by atoms with Gasteiger partial charge in [-0.3, -0.25) is 0 Å². The van der Waals surface area contributed by atoms with Gasteiger partial charge in [0.15, 0.2) is 0 Å². The summed E-state index contributed by atoms with van der Waals surface area (Å²) < 4.78 is 4.93. The highest BCUT2D eigenvalue weighted by Crippen LogP contribution is 2.43. The topological polar surface area (TPSA) is 35.2 Å². The highest BCUT2D eigenvalue weighted by molar-refractivity contribution is 5.41. The summed E-state index contributed by atoms with van der Waals surface area (Å²) >= 11 is 0. The highest BCUT2D eigenvalue weighted by atomic mass is 16.5. The Balaban J connectivity index is 0.00000196. The molecule has 84 valence electrons. The second-order valence-corrected chi connectivity index (χ2v) is 3.54. The van der Waals surface area contributed by atoms with Gasteiger partial charge in [-0.2, -0.15) is 0 Å². The quantitative estimate of drug-likeness (QED) is 0.567. The minimum Gasteiger partial charge on any atom is -0.497 e. The van der Waals surface area contributed by atoms with E-state index in [0.29, 0.717) is 11.7 Å². The number of rotatable bonds is 4. The van der Waals surface area contributed by atoms with Crippen molar-refractivity contribution in [3.63, 3.8) is 0 Å². The largest absolute Gasteiger partial charge is 0.497 e. The summed E-state index contributed by atoms with van der Waals surface area (Å²) in [6.45, 7) is 9.51. The molecule has 0 aromatic carbocycles. The van der Waals surface area contributed by atoms with Crippen molar-refractivity contribution in [2.24, 2.45) is 11.7 Å². The van der Waals surface area contributed by atoms with Gasteiger partial charge in [0, 0.05) is 11.6 Å². The van der Waals surface area contributed by atoms with Crippen molar-refractivity contribution in [3.8, 4) is 0 Å². The molecular formula is C13H21NO. The van der Waals surface area contributed by atoms with Crippen LogP contribution in [0.1, 0.15) is 20.8 Å². The lowest BCUT2D eigenvalue weighted by atomic mass is 10.2. The smallest absolute Gasteiger partial charge is 0.111 e. The van der Waals surface area contributed by atoms with Crippen LogP contribution in [0.2, 0.25) is 0 Å². The molecule has 0 aromatic heterocycles. The maximum atomic E-state index is 5.61. The molecule has 0 heterocycles. The molecule has 1 unspecified atom stereocenters. The lowest BCUT2D eigenvalue weighted by molar-refractivity contribution is 0.309. The fraction of sp³-hybridized carbons (Fsp3) is 0.385. The predicted molar refractivity (Wildman–Crippen MR) is 66.2 cm³/mol. The molecule has 0 spiro atoms. The first-order chi connectivity index (χ1) is 6.56. The number of allylic oxidation sites excluding steroid dienone is 4. The van der Waals surface area contributed by atoms with E-state index in [1.54, 1.807) is 7.11 Å². The summed E-state index contributed by atoms with van der Waals surface area (Å²) in [7, 11) is 1.61. The summed E-state index contributed by atoms with van der Waals surface area (Å²) in [4.78, 5) is 0. The Hall–Kier alpha value is -1.44. The monoisotopic (exact) mass is 207 g/mol. The number of nitrogens with two attached hydrogens (primary N) is 1. The first-order valence-electron chi connectivity index (χ1n) is 4.61. The Labute approximate surface area is 92.8 Å². The number of ether oxygens (including phenoxy) is 1. The number of hydrogen-bond donors (Lipinski definition) is 1. The molecule has 0 aromatic rings. The molecule has 1 rings (SSSR count). The molecule has 2 nitrogen and oxygen atoms in total. The molecule has 1 aliphatic rings. The zero-order valence-electron chi connectivity index (χ0n) is 8.84. The van der Waals surface area contributed by atoms with Crippen LogP contribution in [-0.2, 0) is 4.74 Å². The van der Waals surface area contributed by atoms with Gasteiger partial charge in [0.1, 0.15) is 5.76 Å². The molecule has 15 heavy (non-hydrogen) atoms. The summed E-state index contributed by atoms with van der Waals surface area (Å²) in [5, 5.41) is 0. The first-order valence-corrected chi connectivity index (χ1v) is 4.61. The number of methoxy groups -OCH3 is 1. The van der Waals surface area contributed by atoms with Gasteiger partial charge in [0.05, 0.1) is 7.11 Å². The second-order valence-electron chi connectivity index (χ2n) is 3.54. The maximum Gasteiger partial charge on any atom is 0.111 e. The SMILES string of the molecule is C.C=C(/C=C\C(C)=C1/CC1C(=C)N)OC. The average Bonchev–Trinajstić information content (AvgIpc) is 2.92. The van der Waals surface area contributed by atoms with Crippen molar-refractivity contribution in [2.75, 3.05) is 7.11 Å². The van der Waals surface area contributed by atoms with Crippen LogP contribution in [0.25, 0.3) is 0 Å². The lowest BCUT2D eigenvalue weighted by Crippen LogP contribution is -1.95. The van der Waals surface area contributed by atoms with Crippen molar-refractivity contribution in [1.82, 2.24) is 0 Å². The Morgan fingerprint density at radius 2 is 2.07 bits per heavy atom. The van der Waals surface area contributed by atoms with Crippen LogP contribution in [0, 0.1) is 5.92 Å². The normalized spacial score (nSPS) is 21.9. The highest BCUT2D eigenvalue weighted by Gasteiger charge is 2.32. The van der Waals surface area contributed by atoms with E-state index >= 15 is 0 Å². The van der Waals surface area contributed by atoms with Gasteiger partial charge in [0.2, 0.25) is 0 Å². The molecule has 1 atom stereocenters. The van der Waals surface area contributed by atoms with Gasteiger partial charge in [0.25, 0.3) is 0 Å². The summed E-state index contributed by atoms with van der Waals surface area (Å²) in [5.74, 6) is 1.06. The number of hydrogen-bond acceptors (Lipinski definition) is 2. The molecular weight excluding hydrogens is 186 g/mol.